The van der Waals surface area contributed by atoms with Gasteiger partial charge in [0.15, 0.2) is 5.13 Å². The number of carbonyl (C=O) groups is 1. The molecule has 1 amide bonds. The lowest BCUT2D eigenvalue weighted by Gasteiger charge is -2.14. The fourth-order valence-electron chi connectivity index (χ4n) is 3.09. The Balaban J connectivity index is 1.89. The van der Waals surface area contributed by atoms with Crippen LogP contribution in [0, 0.1) is 0 Å². The zero-order valence-corrected chi connectivity index (χ0v) is 17.6. The molecule has 0 aliphatic rings. The number of amides is 1. The zero-order valence-electron chi connectivity index (χ0n) is 16.8. The largest absolute Gasteiger partial charge is 0.497 e. The zero-order chi connectivity index (χ0) is 21.1. The lowest BCUT2D eigenvalue weighted by Crippen LogP contribution is -2.26. The highest BCUT2D eigenvalue weighted by atomic mass is 32.1. The molecule has 0 saturated heterocycles. The molecule has 7 nitrogen and oxygen atoms in total. The van der Waals surface area contributed by atoms with Gasteiger partial charge in [-0.1, -0.05) is 18.2 Å². The molecule has 2 aromatic carbocycles. The molecule has 0 saturated carbocycles. The molecule has 0 unspecified atom stereocenters. The van der Waals surface area contributed by atoms with Crippen LogP contribution in [0.25, 0.3) is 16.9 Å². The highest BCUT2D eigenvalue weighted by Crippen LogP contribution is 2.35. The average Bonchev–Trinajstić information content (AvgIpc) is 3.48. The smallest absolute Gasteiger partial charge is 0.263 e. The van der Waals surface area contributed by atoms with Crippen molar-refractivity contribution in [1.82, 2.24) is 14.8 Å². The second-order valence-electron chi connectivity index (χ2n) is 6.42. The number of ether oxygens (including phenoxy) is 2. The fourth-order valence-corrected chi connectivity index (χ4v) is 3.70. The lowest BCUT2D eigenvalue weighted by molar-refractivity contribution is 0.0993. The summed E-state index contributed by atoms with van der Waals surface area (Å²) in [6, 6.07) is 15.1. The summed E-state index contributed by atoms with van der Waals surface area (Å²) in [6.07, 6.45) is 3.40. The number of thiazole rings is 1. The molecule has 0 bridgehead atoms. The van der Waals surface area contributed by atoms with Crippen LogP contribution in [0.5, 0.6) is 11.5 Å². The van der Waals surface area contributed by atoms with Gasteiger partial charge in [0.2, 0.25) is 0 Å². The van der Waals surface area contributed by atoms with Gasteiger partial charge in [-0.25, -0.2) is 9.67 Å². The summed E-state index contributed by atoms with van der Waals surface area (Å²) in [7, 11) is 4.88. The van der Waals surface area contributed by atoms with E-state index >= 15 is 0 Å². The van der Waals surface area contributed by atoms with E-state index in [-0.39, 0.29) is 5.91 Å². The van der Waals surface area contributed by atoms with Crippen molar-refractivity contribution in [3.8, 4) is 28.4 Å². The molecule has 30 heavy (non-hydrogen) atoms. The molecule has 0 atom stereocenters. The molecule has 8 heteroatoms. The fraction of sp³-hybridized carbons (Fsp3) is 0.136. The molecule has 4 rings (SSSR count). The lowest BCUT2D eigenvalue weighted by atomic mass is 10.1. The monoisotopic (exact) mass is 420 g/mol. The molecule has 0 fully saturated rings. The molecule has 152 valence electrons. The molecule has 0 N–H and O–H groups in total. The van der Waals surface area contributed by atoms with E-state index in [4.69, 9.17) is 14.6 Å². The topological polar surface area (TPSA) is 69.5 Å². The van der Waals surface area contributed by atoms with Gasteiger partial charge < -0.3 is 9.47 Å². The summed E-state index contributed by atoms with van der Waals surface area (Å²) >= 11 is 1.39. The van der Waals surface area contributed by atoms with E-state index in [1.54, 1.807) is 50.5 Å². The third-order valence-electron chi connectivity index (χ3n) is 4.64. The summed E-state index contributed by atoms with van der Waals surface area (Å²) in [6.45, 7) is 0. The Kier molecular flexibility index (Phi) is 5.49. The Morgan fingerprint density at radius 2 is 1.90 bits per heavy atom. The highest BCUT2D eigenvalue weighted by Gasteiger charge is 2.25. The third-order valence-corrected chi connectivity index (χ3v) is 5.49. The van der Waals surface area contributed by atoms with Crippen LogP contribution >= 0.6 is 11.3 Å². The summed E-state index contributed by atoms with van der Waals surface area (Å²) in [4.78, 5) is 19.2. The number of benzene rings is 2. The maximum Gasteiger partial charge on any atom is 0.263 e. The average molecular weight is 420 g/mol. The maximum absolute atomic E-state index is 13.4. The molecule has 0 aliphatic carbocycles. The van der Waals surface area contributed by atoms with Crippen molar-refractivity contribution in [2.24, 2.45) is 0 Å². The van der Waals surface area contributed by atoms with Crippen LogP contribution in [0.15, 0.2) is 66.3 Å². The second-order valence-corrected chi connectivity index (χ2v) is 7.29. The molecule has 2 heterocycles. The Morgan fingerprint density at radius 1 is 1.10 bits per heavy atom. The van der Waals surface area contributed by atoms with Gasteiger partial charge in [0.05, 0.1) is 25.5 Å². The van der Waals surface area contributed by atoms with Crippen LogP contribution in [0.3, 0.4) is 0 Å². The van der Waals surface area contributed by atoms with Crippen molar-refractivity contribution < 1.29 is 14.3 Å². The van der Waals surface area contributed by atoms with Gasteiger partial charge in [0, 0.05) is 30.4 Å². The molecule has 2 aromatic heterocycles. The number of methoxy groups -OCH3 is 2. The quantitative estimate of drug-likeness (QED) is 0.465. The van der Waals surface area contributed by atoms with Gasteiger partial charge in [0.25, 0.3) is 5.91 Å². The van der Waals surface area contributed by atoms with Crippen molar-refractivity contribution in [1.29, 1.82) is 0 Å². The highest BCUT2D eigenvalue weighted by molar-refractivity contribution is 7.13. The molecule has 4 aromatic rings. The Labute approximate surface area is 178 Å². The standard InChI is InChI=1S/C22H20N4O3S/c1-25(22-23-11-12-30-22)21(27)18-14-26(15-7-5-4-6-8-15)24-20(18)17-13-16(28-2)9-10-19(17)29-3/h4-14H,1-3H3. The van der Waals surface area contributed by atoms with E-state index in [0.717, 1.165) is 5.69 Å². The number of nitrogens with zero attached hydrogens (tertiary/aromatic N) is 4. The van der Waals surface area contributed by atoms with E-state index in [1.807, 2.05) is 41.8 Å². The summed E-state index contributed by atoms with van der Waals surface area (Å²) < 4.78 is 12.6. The van der Waals surface area contributed by atoms with Crippen molar-refractivity contribution in [2.75, 3.05) is 26.2 Å². The predicted octanol–water partition coefficient (Wildman–Crippen LogP) is 4.29. The van der Waals surface area contributed by atoms with Crippen LogP contribution in [-0.2, 0) is 0 Å². The predicted molar refractivity (Wildman–Crippen MR) is 117 cm³/mol. The number of para-hydroxylation sites is 1. The Bertz CT molecular complexity index is 1160. The molecular weight excluding hydrogens is 400 g/mol. The first-order valence-corrected chi connectivity index (χ1v) is 10.1. The van der Waals surface area contributed by atoms with E-state index in [2.05, 4.69) is 4.98 Å². The first-order valence-electron chi connectivity index (χ1n) is 9.17. The van der Waals surface area contributed by atoms with E-state index in [0.29, 0.717) is 33.5 Å². The van der Waals surface area contributed by atoms with Gasteiger partial charge >= 0.3 is 0 Å². The first kappa shape index (κ1) is 19.7. The molecule has 0 spiro atoms. The normalized spacial score (nSPS) is 10.6. The van der Waals surface area contributed by atoms with Crippen molar-refractivity contribution in [2.45, 2.75) is 0 Å². The number of anilines is 1. The summed E-state index contributed by atoms with van der Waals surface area (Å²) in [5, 5.41) is 7.18. The minimum absolute atomic E-state index is 0.216. The van der Waals surface area contributed by atoms with Gasteiger partial charge in [-0.2, -0.15) is 5.10 Å². The third kappa shape index (κ3) is 3.65. The van der Waals surface area contributed by atoms with E-state index in [9.17, 15) is 4.79 Å². The minimum atomic E-state index is -0.216. The molecule has 0 radical (unpaired) electrons. The second kappa shape index (κ2) is 8.38. The van der Waals surface area contributed by atoms with E-state index < -0.39 is 0 Å². The van der Waals surface area contributed by atoms with Crippen LogP contribution in [0.2, 0.25) is 0 Å². The van der Waals surface area contributed by atoms with Gasteiger partial charge in [0.1, 0.15) is 17.2 Å². The SMILES string of the molecule is COc1ccc(OC)c(-c2nn(-c3ccccc3)cc2C(=O)N(C)c2nccs2)c1. The van der Waals surface area contributed by atoms with Gasteiger partial charge in [-0.05, 0) is 30.3 Å². The number of hydrogen-bond acceptors (Lipinski definition) is 6. The number of hydrogen-bond donors (Lipinski definition) is 0. The van der Waals surface area contributed by atoms with Crippen LogP contribution in [-0.4, -0.2) is 41.9 Å². The summed E-state index contributed by atoms with van der Waals surface area (Å²) in [5.74, 6) is 1.03. The van der Waals surface area contributed by atoms with Crippen molar-refractivity contribution in [3.63, 3.8) is 0 Å². The number of rotatable bonds is 6. The van der Waals surface area contributed by atoms with Gasteiger partial charge in [-0.15, -0.1) is 11.3 Å². The van der Waals surface area contributed by atoms with Crippen LogP contribution in [0.4, 0.5) is 5.13 Å². The number of aromatic nitrogens is 3. The Hall–Kier alpha value is -3.65. The van der Waals surface area contributed by atoms with Gasteiger partial charge in [-0.3, -0.25) is 9.69 Å². The van der Waals surface area contributed by atoms with Crippen LogP contribution in [0.1, 0.15) is 10.4 Å². The van der Waals surface area contributed by atoms with E-state index in [1.165, 1.54) is 16.2 Å². The molecular formula is C22H20N4O3S. The minimum Gasteiger partial charge on any atom is -0.497 e. The number of carbonyl (C=O) groups excluding carboxylic acids is 1. The Morgan fingerprint density at radius 3 is 2.57 bits per heavy atom. The molecule has 0 aliphatic heterocycles. The first-order chi connectivity index (χ1) is 14.6. The van der Waals surface area contributed by atoms with Crippen molar-refractivity contribution >= 4 is 22.4 Å². The maximum atomic E-state index is 13.4. The summed E-state index contributed by atoms with van der Waals surface area (Å²) in [5.41, 5.74) is 2.45. The van der Waals surface area contributed by atoms with Crippen LogP contribution < -0.4 is 14.4 Å². The van der Waals surface area contributed by atoms with Crippen molar-refractivity contribution in [3.05, 3.63) is 71.9 Å².